The van der Waals surface area contributed by atoms with E-state index in [1.165, 1.54) is 19.2 Å². The van der Waals surface area contributed by atoms with Gasteiger partial charge in [0.1, 0.15) is 5.76 Å². The molecule has 1 aromatic heterocycles. The van der Waals surface area contributed by atoms with Crippen molar-refractivity contribution in [2.45, 2.75) is 39.8 Å². The summed E-state index contributed by atoms with van der Waals surface area (Å²) in [5.74, 6) is 0.357. The molecule has 2 heterocycles. The highest BCUT2D eigenvalue weighted by atomic mass is 79.9. The molecule has 0 saturated carbocycles. The van der Waals surface area contributed by atoms with Crippen LogP contribution in [0.2, 0.25) is 0 Å². The number of imide groups is 1. The number of hydrogen-bond donors (Lipinski definition) is 0. The summed E-state index contributed by atoms with van der Waals surface area (Å²) in [7, 11) is 1.24. The van der Waals surface area contributed by atoms with Crippen LogP contribution < -0.4 is 9.47 Å². The van der Waals surface area contributed by atoms with Crippen LogP contribution >= 0.6 is 27.7 Å². The number of thioether (sulfide) groups is 1. The highest BCUT2D eigenvalue weighted by Crippen LogP contribution is 2.40. The summed E-state index contributed by atoms with van der Waals surface area (Å²) in [5.41, 5.74) is 0.679. The van der Waals surface area contributed by atoms with Gasteiger partial charge in [-0.1, -0.05) is 6.92 Å². The molecule has 0 N–H and O–H groups in total. The monoisotopic (exact) mass is 537 g/mol. The van der Waals surface area contributed by atoms with Crippen LogP contribution in [0.15, 0.2) is 38.1 Å². The zero-order valence-corrected chi connectivity index (χ0v) is 21.1. The summed E-state index contributed by atoms with van der Waals surface area (Å²) < 4.78 is 22.4. The molecule has 1 saturated heterocycles. The number of rotatable bonds is 9. The van der Waals surface area contributed by atoms with E-state index in [-0.39, 0.29) is 23.3 Å². The second-order valence-corrected chi connectivity index (χ2v) is 8.97. The van der Waals surface area contributed by atoms with Gasteiger partial charge in [-0.05, 0) is 83.9 Å². The fourth-order valence-electron chi connectivity index (χ4n) is 2.95. The first-order chi connectivity index (χ1) is 15.8. The molecule has 10 heteroatoms. The van der Waals surface area contributed by atoms with Crippen LogP contribution in [-0.4, -0.2) is 41.8 Å². The summed E-state index contributed by atoms with van der Waals surface area (Å²) in [6.07, 6.45) is 2.47. The lowest BCUT2D eigenvalue weighted by Crippen LogP contribution is -2.27. The fourth-order valence-corrected chi connectivity index (χ4v) is 4.34. The van der Waals surface area contributed by atoms with Gasteiger partial charge in [-0.2, -0.15) is 0 Å². The smallest absolute Gasteiger partial charge is 0.373 e. The molecule has 0 spiro atoms. The van der Waals surface area contributed by atoms with Crippen molar-refractivity contribution in [2.75, 3.05) is 13.7 Å². The predicted molar refractivity (Wildman–Crippen MR) is 127 cm³/mol. The number of halogens is 1. The number of methoxy groups -OCH3 is 1. The number of esters is 1. The third-order valence-electron chi connectivity index (χ3n) is 4.76. The number of amides is 2. The summed E-state index contributed by atoms with van der Waals surface area (Å²) in [6, 6.07) is 6.55. The first-order valence-electron chi connectivity index (χ1n) is 10.3. The average molecular weight is 538 g/mol. The van der Waals surface area contributed by atoms with Gasteiger partial charge < -0.3 is 18.6 Å². The Morgan fingerprint density at radius 2 is 2.03 bits per heavy atom. The topological polar surface area (TPSA) is 95.3 Å². The normalized spacial score (nSPS) is 15.8. The van der Waals surface area contributed by atoms with Gasteiger partial charge in [-0.25, -0.2) is 4.79 Å². The Balaban J connectivity index is 1.83. The molecule has 2 amide bonds. The Labute approximate surface area is 204 Å². The second-order valence-electron chi connectivity index (χ2n) is 7.13. The molecule has 0 unspecified atom stereocenters. The van der Waals surface area contributed by atoms with Crippen molar-refractivity contribution < 1.29 is 33.0 Å². The standard InChI is InChI=1S/C23H24BrNO7S/c1-5-13(3)31-20-16(24)9-14(10-18(20)30-6-2)11-19-21(26)25(23(28)33-19)12-15-7-8-17(32-15)22(27)29-4/h7-11,13H,5-6,12H2,1-4H3/b19-11+/t13-/m1/s1. The molecule has 1 aliphatic rings. The lowest BCUT2D eigenvalue weighted by molar-refractivity contribution is -0.123. The van der Waals surface area contributed by atoms with Crippen molar-refractivity contribution in [3.8, 4) is 11.5 Å². The van der Waals surface area contributed by atoms with Gasteiger partial charge in [-0.3, -0.25) is 14.5 Å². The Bertz CT molecular complexity index is 1090. The molecule has 2 aromatic rings. The van der Waals surface area contributed by atoms with Crippen molar-refractivity contribution in [1.82, 2.24) is 4.90 Å². The van der Waals surface area contributed by atoms with E-state index in [0.29, 0.717) is 33.9 Å². The second kappa shape index (κ2) is 10.9. The summed E-state index contributed by atoms with van der Waals surface area (Å²) >= 11 is 4.36. The van der Waals surface area contributed by atoms with Gasteiger partial charge in [0.25, 0.3) is 11.1 Å². The Hall–Kier alpha value is -2.72. The van der Waals surface area contributed by atoms with Gasteiger partial charge in [0.2, 0.25) is 5.76 Å². The van der Waals surface area contributed by atoms with Crippen LogP contribution in [0.1, 0.15) is 49.1 Å². The minimum absolute atomic E-state index is 0.00279. The molecule has 1 aliphatic heterocycles. The van der Waals surface area contributed by atoms with Gasteiger partial charge in [0, 0.05) is 0 Å². The van der Waals surface area contributed by atoms with E-state index in [1.54, 1.807) is 12.1 Å². The highest BCUT2D eigenvalue weighted by molar-refractivity contribution is 9.10. The molecule has 8 nitrogen and oxygen atoms in total. The minimum Gasteiger partial charge on any atom is -0.490 e. The number of carbonyl (C=O) groups is 3. The number of carbonyl (C=O) groups excluding carboxylic acids is 3. The SMILES string of the molecule is CCOc1cc(/C=C2/SC(=O)N(Cc3ccc(C(=O)OC)o3)C2=O)cc(Br)c1O[C@H](C)CC. The number of furan rings is 1. The largest absolute Gasteiger partial charge is 0.490 e. The van der Waals surface area contributed by atoms with Gasteiger partial charge in [0.15, 0.2) is 11.5 Å². The fraction of sp³-hybridized carbons (Fsp3) is 0.348. The number of hydrogen-bond acceptors (Lipinski definition) is 8. The third-order valence-corrected chi connectivity index (χ3v) is 6.26. The first-order valence-corrected chi connectivity index (χ1v) is 11.9. The van der Waals surface area contributed by atoms with Crippen molar-refractivity contribution >= 4 is 50.9 Å². The van der Waals surface area contributed by atoms with E-state index in [2.05, 4.69) is 20.7 Å². The van der Waals surface area contributed by atoms with E-state index in [4.69, 9.17) is 13.9 Å². The van der Waals surface area contributed by atoms with E-state index in [1.807, 2.05) is 26.8 Å². The van der Waals surface area contributed by atoms with Gasteiger partial charge in [0.05, 0.1) is 35.7 Å². The molecule has 1 atom stereocenters. The molecule has 0 aliphatic carbocycles. The van der Waals surface area contributed by atoms with E-state index in [0.717, 1.165) is 23.1 Å². The van der Waals surface area contributed by atoms with Crippen LogP contribution in [0.5, 0.6) is 11.5 Å². The van der Waals surface area contributed by atoms with E-state index in [9.17, 15) is 14.4 Å². The van der Waals surface area contributed by atoms with Crippen molar-refractivity contribution in [2.24, 2.45) is 0 Å². The van der Waals surface area contributed by atoms with Crippen molar-refractivity contribution in [1.29, 1.82) is 0 Å². The van der Waals surface area contributed by atoms with Crippen LogP contribution in [-0.2, 0) is 16.1 Å². The molecule has 33 heavy (non-hydrogen) atoms. The van der Waals surface area contributed by atoms with Crippen LogP contribution in [0, 0.1) is 0 Å². The Kier molecular flexibility index (Phi) is 8.25. The van der Waals surface area contributed by atoms with Crippen molar-refractivity contribution in [3.63, 3.8) is 0 Å². The number of benzene rings is 1. The Morgan fingerprint density at radius 3 is 2.70 bits per heavy atom. The molecule has 3 rings (SSSR count). The zero-order valence-electron chi connectivity index (χ0n) is 18.7. The van der Waals surface area contributed by atoms with Crippen LogP contribution in [0.3, 0.4) is 0 Å². The maximum atomic E-state index is 12.9. The summed E-state index contributed by atoms with van der Waals surface area (Å²) in [4.78, 5) is 38.2. The van der Waals surface area contributed by atoms with Gasteiger partial charge >= 0.3 is 5.97 Å². The van der Waals surface area contributed by atoms with Crippen LogP contribution in [0.4, 0.5) is 4.79 Å². The third kappa shape index (κ3) is 5.80. The molecule has 176 valence electrons. The molecule has 1 fully saturated rings. The maximum Gasteiger partial charge on any atom is 0.373 e. The van der Waals surface area contributed by atoms with Gasteiger partial charge in [-0.15, -0.1) is 0 Å². The van der Waals surface area contributed by atoms with Crippen LogP contribution in [0.25, 0.3) is 6.08 Å². The van der Waals surface area contributed by atoms with Crippen molar-refractivity contribution in [3.05, 3.63) is 50.7 Å². The number of ether oxygens (including phenoxy) is 3. The predicted octanol–water partition coefficient (Wildman–Crippen LogP) is 5.64. The maximum absolute atomic E-state index is 12.9. The first kappa shape index (κ1) is 24.9. The van der Waals surface area contributed by atoms with E-state index >= 15 is 0 Å². The molecule has 1 aromatic carbocycles. The molecule has 0 radical (unpaired) electrons. The lowest BCUT2D eigenvalue weighted by Gasteiger charge is -2.18. The van der Waals surface area contributed by atoms with E-state index < -0.39 is 17.1 Å². The molecular weight excluding hydrogens is 514 g/mol. The summed E-state index contributed by atoms with van der Waals surface area (Å²) in [5, 5.41) is -0.428. The average Bonchev–Trinajstić information content (AvgIpc) is 3.36. The quantitative estimate of drug-likeness (QED) is 0.299. The highest BCUT2D eigenvalue weighted by Gasteiger charge is 2.36. The lowest BCUT2D eigenvalue weighted by atomic mass is 10.1. The molecule has 0 bridgehead atoms. The summed E-state index contributed by atoms with van der Waals surface area (Å²) in [6.45, 7) is 6.23. The molecular formula is C23H24BrNO7S. The number of nitrogens with zero attached hydrogens (tertiary/aromatic N) is 1. The zero-order chi connectivity index (χ0) is 24.1. The Morgan fingerprint density at radius 1 is 1.27 bits per heavy atom. The minimum atomic E-state index is -0.633.